The van der Waals surface area contributed by atoms with E-state index in [1.165, 1.54) is 0 Å². The first-order valence-corrected chi connectivity index (χ1v) is 18.2. The molecule has 5 atom stereocenters. The van der Waals surface area contributed by atoms with Crippen LogP contribution in [0.3, 0.4) is 0 Å². The molecule has 0 radical (unpaired) electrons. The molecule has 52 heavy (non-hydrogen) atoms. The van der Waals surface area contributed by atoms with E-state index in [9.17, 15) is 0 Å². The molecule has 1 aliphatic heterocycles. The van der Waals surface area contributed by atoms with Crippen LogP contribution in [0.15, 0.2) is 175 Å². The first-order valence-electron chi connectivity index (χ1n) is 17.8. The van der Waals surface area contributed by atoms with Crippen molar-refractivity contribution in [2.24, 2.45) is 5.92 Å². The highest BCUT2D eigenvalue weighted by Crippen LogP contribution is 2.36. The maximum Gasteiger partial charge on any atom is 0.151 e. The SMILES string of the molecule is CC1C(OCc2ccccc2)C(COCc2ccccc2)OC(C2=CC=CC(Cc3ccc(Cl)nn3)=CC=CC=CC=C2)C1OCc1ccccc1. The van der Waals surface area contributed by atoms with E-state index >= 15 is 0 Å². The monoisotopic (exact) mass is 712 g/mol. The van der Waals surface area contributed by atoms with Gasteiger partial charge in [0.1, 0.15) is 12.2 Å². The molecule has 5 unspecified atom stereocenters. The number of hydrogen-bond acceptors (Lipinski definition) is 6. The molecule has 0 N–H and O–H groups in total. The molecule has 2 aliphatic rings. The van der Waals surface area contributed by atoms with E-state index in [1.54, 1.807) is 6.07 Å². The van der Waals surface area contributed by atoms with Crippen LogP contribution in [-0.4, -0.2) is 41.2 Å². The van der Waals surface area contributed by atoms with Gasteiger partial charge in [0.05, 0.1) is 44.3 Å². The van der Waals surface area contributed by atoms with E-state index in [2.05, 4.69) is 83.9 Å². The maximum absolute atomic E-state index is 7.08. The van der Waals surface area contributed by atoms with E-state index in [0.717, 1.165) is 33.5 Å². The van der Waals surface area contributed by atoms with Gasteiger partial charge in [-0.15, -0.1) is 5.10 Å². The fourth-order valence-electron chi connectivity index (χ4n) is 6.33. The van der Waals surface area contributed by atoms with E-state index < -0.39 is 6.10 Å². The first-order chi connectivity index (χ1) is 25.6. The van der Waals surface area contributed by atoms with Crippen molar-refractivity contribution in [1.29, 1.82) is 0 Å². The minimum Gasteiger partial charge on any atom is -0.374 e. The zero-order chi connectivity index (χ0) is 35.8. The molecule has 4 aromatic rings. The molecule has 0 spiro atoms. The zero-order valence-corrected chi connectivity index (χ0v) is 30.2. The quantitative estimate of drug-likeness (QED) is 0.138. The Balaban J connectivity index is 1.30. The van der Waals surface area contributed by atoms with Gasteiger partial charge < -0.3 is 18.9 Å². The summed E-state index contributed by atoms with van der Waals surface area (Å²) in [5, 5.41) is 8.66. The summed E-state index contributed by atoms with van der Waals surface area (Å²) in [7, 11) is 0. The number of hydrogen-bond donors (Lipinski definition) is 0. The standard InChI is InChI=1S/C45H45ClN2O4/c1-34-43(50-31-37-20-11-6-12-21-37)41(33-49-30-36-18-9-5-10-19-36)52-45(44(34)51-32-38-22-13-7-14-23-38)39-25-15-4-2-3-8-17-35(24-16-26-39)29-40-27-28-42(46)48-47-40/h2-28,34,41,43-45H,29-33H2,1H3. The molecule has 2 heterocycles. The fourth-order valence-corrected chi connectivity index (χ4v) is 6.43. The number of aromatic nitrogens is 2. The van der Waals surface area contributed by atoms with Crippen LogP contribution in [0.4, 0.5) is 0 Å². The molecule has 1 saturated heterocycles. The van der Waals surface area contributed by atoms with Gasteiger partial charge >= 0.3 is 0 Å². The lowest BCUT2D eigenvalue weighted by molar-refractivity contribution is -0.229. The minimum absolute atomic E-state index is 0.0337. The van der Waals surface area contributed by atoms with Crippen molar-refractivity contribution in [1.82, 2.24) is 10.2 Å². The van der Waals surface area contributed by atoms with Gasteiger partial charge in [-0.3, -0.25) is 0 Å². The van der Waals surface area contributed by atoms with Crippen LogP contribution in [0.1, 0.15) is 29.3 Å². The van der Waals surface area contributed by atoms with Crippen molar-refractivity contribution < 1.29 is 18.9 Å². The summed E-state index contributed by atoms with van der Waals surface area (Å²) in [6.07, 6.45) is 19.8. The van der Waals surface area contributed by atoms with Crippen LogP contribution in [-0.2, 0) is 45.2 Å². The van der Waals surface area contributed by atoms with Crippen LogP contribution in [0.2, 0.25) is 5.15 Å². The Bertz CT molecular complexity index is 1850. The summed E-state index contributed by atoms with van der Waals surface area (Å²) in [5.74, 6) is -0.0337. The number of nitrogens with zero attached hydrogens (tertiary/aromatic N) is 2. The van der Waals surface area contributed by atoms with Gasteiger partial charge in [-0.1, -0.05) is 170 Å². The van der Waals surface area contributed by atoms with Crippen molar-refractivity contribution in [2.75, 3.05) is 6.61 Å². The van der Waals surface area contributed by atoms with Gasteiger partial charge in [-0.2, -0.15) is 5.10 Å². The molecule has 7 heteroatoms. The smallest absolute Gasteiger partial charge is 0.151 e. The molecule has 266 valence electrons. The molecular weight excluding hydrogens is 668 g/mol. The maximum atomic E-state index is 7.08. The normalized spacial score (nSPS) is 21.9. The average Bonchev–Trinajstić information content (AvgIpc) is 3.17. The van der Waals surface area contributed by atoms with Gasteiger partial charge in [0.25, 0.3) is 0 Å². The average molecular weight is 713 g/mol. The summed E-state index contributed by atoms with van der Waals surface area (Å²) in [5.41, 5.74) is 6.19. The van der Waals surface area contributed by atoms with E-state index in [0.29, 0.717) is 38.0 Å². The van der Waals surface area contributed by atoms with Crippen LogP contribution >= 0.6 is 11.6 Å². The first kappa shape index (κ1) is 37.1. The van der Waals surface area contributed by atoms with Crippen molar-refractivity contribution >= 4 is 11.6 Å². The highest BCUT2D eigenvalue weighted by atomic mass is 35.5. The number of halogens is 1. The molecule has 0 bridgehead atoms. The molecular formula is C45H45ClN2O4. The third kappa shape index (κ3) is 11.2. The van der Waals surface area contributed by atoms with Crippen molar-refractivity contribution in [3.05, 3.63) is 203 Å². The molecule has 1 aromatic heterocycles. The lowest BCUT2D eigenvalue weighted by atomic mass is 9.84. The molecule has 1 aliphatic carbocycles. The molecule has 6 nitrogen and oxygen atoms in total. The second kappa shape index (κ2) is 19.8. The topological polar surface area (TPSA) is 62.7 Å². The van der Waals surface area contributed by atoms with E-state index in [4.69, 9.17) is 30.5 Å². The predicted molar refractivity (Wildman–Crippen MR) is 207 cm³/mol. The van der Waals surface area contributed by atoms with Crippen LogP contribution in [0.25, 0.3) is 0 Å². The second-order valence-corrected chi connectivity index (χ2v) is 13.3. The Kier molecular flexibility index (Phi) is 14.1. The van der Waals surface area contributed by atoms with Crippen molar-refractivity contribution in [3.8, 4) is 0 Å². The molecule has 0 saturated carbocycles. The third-order valence-electron chi connectivity index (χ3n) is 9.03. The van der Waals surface area contributed by atoms with Gasteiger partial charge in [0.15, 0.2) is 5.15 Å². The summed E-state index contributed by atoms with van der Waals surface area (Å²) in [4.78, 5) is 0. The van der Waals surface area contributed by atoms with Gasteiger partial charge in [0.2, 0.25) is 0 Å². The summed E-state index contributed by atoms with van der Waals surface area (Å²) < 4.78 is 27.0. The number of rotatable bonds is 13. The van der Waals surface area contributed by atoms with Crippen LogP contribution in [0.5, 0.6) is 0 Å². The van der Waals surface area contributed by atoms with Gasteiger partial charge in [-0.25, -0.2) is 0 Å². The van der Waals surface area contributed by atoms with Crippen molar-refractivity contribution in [3.63, 3.8) is 0 Å². The zero-order valence-electron chi connectivity index (χ0n) is 29.4. The summed E-state index contributed by atoms with van der Waals surface area (Å²) in [6, 6.07) is 34.4. The van der Waals surface area contributed by atoms with Crippen molar-refractivity contribution in [2.45, 2.75) is 57.6 Å². The second-order valence-electron chi connectivity index (χ2n) is 12.9. The number of ether oxygens (including phenoxy) is 4. The third-order valence-corrected chi connectivity index (χ3v) is 9.23. The van der Waals surface area contributed by atoms with Gasteiger partial charge in [-0.05, 0) is 40.0 Å². The Labute approximate surface area is 312 Å². The van der Waals surface area contributed by atoms with Crippen LogP contribution in [0, 0.1) is 5.92 Å². The predicted octanol–water partition coefficient (Wildman–Crippen LogP) is 9.55. The molecule has 6 rings (SSSR count). The fraction of sp³-hybridized carbons (Fsp3) is 0.244. The highest BCUT2D eigenvalue weighted by Gasteiger charge is 2.46. The highest BCUT2D eigenvalue weighted by molar-refractivity contribution is 6.29. The number of allylic oxidation sites excluding steroid dienone is 10. The van der Waals surface area contributed by atoms with Crippen LogP contribution < -0.4 is 0 Å². The van der Waals surface area contributed by atoms with E-state index in [-0.39, 0.29) is 24.2 Å². The molecule has 0 amide bonds. The lowest BCUT2D eigenvalue weighted by Gasteiger charge is -2.46. The minimum atomic E-state index is -0.400. The molecule has 3 aromatic carbocycles. The Morgan fingerprint density at radius 1 is 0.615 bits per heavy atom. The Hall–Kier alpha value is -4.69. The molecule has 1 fully saturated rings. The Morgan fingerprint density at radius 3 is 1.88 bits per heavy atom. The summed E-state index contributed by atoms with van der Waals surface area (Å²) >= 11 is 5.99. The largest absolute Gasteiger partial charge is 0.374 e. The van der Waals surface area contributed by atoms with E-state index in [1.807, 2.05) is 91.0 Å². The summed E-state index contributed by atoms with van der Waals surface area (Å²) in [6.45, 7) is 3.96. The lowest BCUT2D eigenvalue weighted by Crippen LogP contribution is -2.56. The van der Waals surface area contributed by atoms with Gasteiger partial charge in [0, 0.05) is 12.3 Å². The number of benzene rings is 3. The Morgan fingerprint density at radius 2 is 1.23 bits per heavy atom.